The van der Waals surface area contributed by atoms with Gasteiger partial charge in [0.1, 0.15) is 11.3 Å². The van der Waals surface area contributed by atoms with Crippen LogP contribution in [0.3, 0.4) is 0 Å². The molecule has 0 aliphatic heterocycles. The number of carbonyl (C=O) groups is 1. The lowest BCUT2D eigenvalue weighted by atomic mass is 10.2. The van der Waals surface area contributed by atoms with E-state index >= 15 is 0 Å². The van der Waals surface area contributed by atoms with Gasteiger partial charge in [-0.05, 0) is 19.1 Å². The van der Waals surface area contributed by atoms with Crippen molar-refractivity contribution in [3.63, 3.8) is 0 Å². The van der Waals surface area contributed by atoms with E-state index in [1.54, 1.807) is 0 Å². The van der Waals surface area contributed by atoms with Crippen LogP contribution in [0.5, 0.6) is 0 Å². The van der Waals surface area contributed by atoms with Gasteiger partial charge in [-0.3, -0.25) is 9.52 Å². The summed E-state index contributed by atoms with van der Waals surface area (Å²) in [6.07, 6.45) is 1.08. The van der Waals surface area contributed by atoms with E-state index in [-0.39, 0.29) is 32.2 Å². The number of rotatable bonds is 4. The summed E-state index contributed by atoms with van der Waals surface area (Å²) in [4.78, 5) is 18.6. The summed E-state index contributed by atoms with van der Waals surface area (Å²) < 4.78 is 26.7. The molecule has 0 fully saturated rings. The Morgan fingerprint density at radius 3 is 2.62 bits per heavy atom. The third-order valence-corrected chi connectivity index (χ3v) is 4.61. The van der Waals surface area contributed by atoms with Crippen molar-refractivity contribution in [3.05, 3.63) is 46.3 Å². The molecule has 0 amide bonds. The molecule has 0 atom stereocenters. The first kappa shape index (κ1) is 15.7. The van der Waals surface area contributed by atoms with E-state index in [0.717, 1.165) is 6.33 Å². The molecule has 1 aromatic carbocycles. The third-order valence-electron chi connectivity index (χ3n) is 2.53. The van der Waals surface area contributed by atoms with E-state index in [2.05, 4.69) is 14.7 Å². The number of hydrogen-bond acceptors (Lipinski definition) is 5. The maximum absolute atomic E-state index is 12.3. The molecule has 9 heteroatoms. The minimum Gasteiger partial charge on any atom is -0.295 e. The minimum atomic E-state index is -3.94. The van der Waals surface area contributed by atoms with Crippen molar-refractivity contribution >= 4 is 44.8 Å². The van der Waals surface area contributed by atoms with Gasteiger partial charge in [0.25, 0.3) is 10.0 Å². The number of hydrogen-bond donors (Lipinski definition) is 1. The van der Waals surface area contributed by atoms with Gasteiger partial charge in [-0.15, -0.1) is 0 Å². The molecule has 2 aromatic rings. The van der Waals surface area contributed by atoms with Gasteiger partial charge in [-0.25, -0.2) is 18.4 Å². The van der Waals surface area contributed by atoms with Gasteiger partial charge in [0.05, 0.1) is 4.90 Å². The van der Waals surface area contributed by atoms with Crippen LogP contribution in [0.4, 0.5) is 5.82 Å². The smallest absolute Gasteiger partial charge is 0.263 e. The lowest BCUT2D eigenvalue weighted by molar-refractivity contribution is 0.101. The fraction of sp³-hybridized carbons (Fsp3) is 0.0833. The van der Waals surface area contributed by atoms with Gasteiger partial charge < -0.3 is 0 Å². The Labute approximate surface area is 131 Å². The number of carbonyl (C=O) groups excluding carboxylic acids is 1. The minimum absolute atomic E-state index is 0.0677. The molecular formula is C12H9Cl2N3O3S. The number of ketones is 1. The Morgan fingerprint density at radius 2 is 1.95 bits per heavy atom. The van der Waals surface area contributed by atoms with Crippen LogP contribution in [0.15, 0.2) is 35.5 Å². The molecule has 6 nitrogen and oxygen atoms in total. The van der Waals surface area contributed by atoms with E-state index in [0.29, 0.717) is 0 Å². The molecule has 0 radical (unpaired) electrons. The first-order valence-electron chi connectivity index (χ1n) is 5.61. The molecule has 0 saturated carbocycles. The van der Waals surface area contributed by atoms with Gasteiger partial charge in [0, 0.05) is 5.56 Å². The van der Waals surface area contributed by atoms with Crippen LogP contribution >= 0.6 is 23.2 Å². The molecule has 1 heterocycles. The van der Waals surface area contributed by atoms with Crippen molar-refractivity contribution in [2.45, 2.75) is 11.8 Å². The summed E-state index contributed by atoms with van der Waals surface area (Å²) in [7, 11) is -3.94. The number of aromatic nitrogens is 2. The molecular weight excluding hydrogens is 337 g/mol. The second-order valence-electron chi connectivity index (χ2n) is 4.02. The van der Waals surface area contributed by atoms with E-state index in [1.807, 2.05) is 0 Å². The highest BCUT2D eigenvalue weighted by atomic mass is 35.5. The van der Waals surface area contributed by atoms with Crippen LogP contribution in [0, 0.1) is 0 Å². The van der Waals surface area contributed by atoms with Crippen LogP contribution in [0.2, 0.25) is 10.2 Å². The Hall–Kier alpha value is -1.70. The number of anilines is 1. The van der Waals surface area contributed by atoms with Crippen molar-refractivity contribution in [2.24, 2.45) is 0 Å². The number of halogens is 2. The molecule has 0 aliphatic rings. The normalized spacial score (nSPS) is 11.2. The van der Waals surface area contributed by atoms with Gasteiger partial charge in [-0.1, -0.05) is 35.3 Å². The van der Waals surface area contributed by atoms with Crippen molar-refractivity contribution < 1.29 is 13.2 Å². The van der Waals surface area contributed by atoms with E-state index < -0.39 is 10.0 Å². The molecule has 0 bridgehead atoms. The average molecular weight is 346 g/mol. The topological polar surface area (TPSA) is 89.0 Å². The van der Waals surface area contributed by atoms with Gasteiger partial charge in [0.2, 0.25) is 0 Å². The average Bonchev–Trinajstić information content (AvgIpc) is 2.44. The quantitative estimate of drug-likeness (QED) is 0.679. The predicted molar refractivity (Wildman–Crippen MR) is 79.3 cm³/mol. The molecule has 0 spiro atoms. The van der Waals surface area contributed by atoms with Gasteiger partial charge >= 0.3 is 0 Å². The Kier molecular flexibility index (Phi) is 4.46. The number of benzene rings is 1. The summed E-state index contributed by atoms with van der Waals surface area (Å²) in [6, 6.07) is 5.61. The zero-order chi connectivity index (χ0) is 15.6. The summed E-state index contributed by atoms with van der Waals surface area (Å²) in [5.41, 5.74) is 0.282. The first-order valence-corrected chi connectivity index (χ1v) is 7.85. The summed E-state index contributed by atoms with van der Waals surface area (Å²) in [6.45, 7) is 1.35. The van der Waals surface area contributed by atoms with Crippen molar-refractivity contribution in [1.82, 2.24) is 9.97 Å². The van der Waals surface area contributed by atoms with Crippen LogP contribution in [-0.4, -0.2) is 24.2 Å². The summed E-state index contributed by atoms with van der Waals surface area (Å²) in [5, 5.41) is -0.174. The lowest BCUT2D eigenvalue weighted by Gasteiger charge is -2.09. The molecule has 110 valence electrons. The SMILES string of the molecule is CC(=O)c1cccc(S(=O)(=O)Nc2ncnc(Cl)c2Cl)c1. The van der Waals surface area contributed by atoms with Crippen LogP contribution < -0.4 is 4.72 Å². The van der Waals surface area contributed by atoms with Crippen molar-refractivity contribution in [2.75, 3.05) is 4.72 Å². The molecule has 0 unspecified atom stereocenters. The van der Waals surface area contributed by atoms with Crippen LogP contribution in [0.1, 0.15) is 17.3 Å². The predicted octanol–water partition coefficient (Wildman–Crippen LogP) is 2.79. The summed E-state index contributed by atoms with van der Waals surface area (Å²) in [5.74, 6) is -0.375. The summed E-state index contributed by atoms with van der Waals surface area (Å²) >= 11 is 11.5. The third kappa shape index (κ3) is 3.49. The molecule has 21 heavy (non-hydrogen) atoms. The molecule has 0 aliphatic carbocycles. The fourth-order valence-electron chi connectivity index (χ4n) is 1.49. The zero-order valence-corrected chi connectivity index (χ0v) is 13.0. The highest BCUT2D eigenvalue weighted by Gasteiger charge is 2.19. The lowest BCUT2D eigenvalue weighted by Crippen LogP contribution is -2.15. The van der Waals surface area contributed by atoms with Crippen LogP contribution in [-0.2, 0) is 10.0 Å². The van der Waals surface area contributed by atoms with E-state index in [9.17, 15) is 13.2 Å². The van der Waals surface area contributed by atoms with Crippen LogP contribution in [0.25, 0.3) is 0 Å². The number of nitrogens with zero attached hydrogens (tertiary/aromatic N) is 2. The molecule has 1 N–H and O–H groups in total. The molecule has 2 rings (SSSR count). The fourth-order valence-corrected chi connectivity index (χ4v) is 2.89. The number of Topliss-reactive ketones (excluding diaryl/α,β-unsaturated/α-hetero) is 1. The molecule has 1 aromatic heterocycles. The highest BCUT2D eigenvalue weighted by molar-refractivity contribution is 7.92. The largest absolute Gasteiger partial charge is 0.295 e. The second kappa shape index (κ2) is 5.97. The van der Waals surface area contributed by atoms with E-state index in [4.69, 9.17) is 23.2 Å². The Bertz CT molecular complexity index is 809. The zero-order valence-electron chi connectivity index (χ0n) is 10.7. The number of sulfonamides is 1. The standard InChI is InChI=1S/C12H9Cl2N3O3S/c1-7(18)8-3-2-4-9(5-8)21(19,20)17-12-10(13)11(14)15-6-16-12/h2-6H,1H3,(H,15,16,17). The molecule has 0 saturated heterocycles. The van der Waals surface area contributed by atoms with Gasteiger partial charge in [-0.2, -0.15) is 0 Å². The first-order chi connectivity index (χ1) is 9.81. The van der Waals surface area contributed by atoms with E-state index in [1.165, 1.54) is 31.2 Å². The second-order valence-corrected chi connectivity index (χ2v) is 6.43. The van der Waals surface area contributed by atoms with Gasteiger partial charge in [0.15, 0.2) is 16.8 Å². The monoisotopic (exact) mass is 345 g/mol. The Balaban J connectivity index is 2.41. The number of nitrogens with one attached hydrogen (secondary N) is 1. The maximum atomic E-state index is 12.3. The highest BCUT2D eigenvalue weighted by Crippen LogP contribution is 2.27. The van der Waals surface area contributed by atoms with Crippen molar-refractivity contribution in [1.29, 1.82) is 0 Å². The Morgan fingerprint density at radius 1 is 1.24 bits per heavy atom. The van der Waals surface area contributed by atoms with Crippen molar-refractivity contribution in [3.8, 4) is 0 Å². The maximum Gasteiger partial charge on any atom is 0.263 e.